The van der Waals surface area contributed by atoms with Crippen molar-refractivity contribution >= 4 is 5.78 Å². The molecular formula is C19H22N2O2. The third kappa shape index (κ3) is 2.91. The number of nitrogens with one attached hydrogen (secondary N) is 1. The van der Waals surface area contributed by atoms with Gasteiger partial charge in [0.15, 0.2) is 5.78 Å². The van der Waals surface area contributed by atoms with Gasteiger partial charge in [0.2, 0.25) is 0 Å². The molecule has 1 aliphatic heterocycles. The zero-order chi connectivity index (χ0) is 15.6. The monoisotopic (exact) mass is 310 g/mol. The quantitative estimate of drug-likeness (QED) is 0.943. The predicted molar refractivity (Wildman–Crippen MR) is 89.6 cm³/mol. The van der Waals surface area contributed by atoms with Crippen LogP contribution in [0.15, 0.2) is 36.5 Å². The Morgan fingerprint density at radius 2 is 2.00 bits per heavy atom. The second-order valence-corrected chi connectivity index (χ2v) is 6.42. The van der Waals surface area contributed by atoms with Crippen LogP contribution in [-0.2, 0) is 6.42 Å². The van der Waals surface area contributed by atoms with Gasteiger partial charge in [0, 0.05) is 35.6 Å². The van der Waals surface area contributed by atoms with Gasteiger partial charge in [-0.3, -0.25) is 4.79 Å². The molecule has 1 fully saturated rings. The lowest BCUT2D eigenvalue weighted by atomic mass is 9.97. The highest BCUT2D eigenvalue weighted by atomic mass is 16.5. The molecule has 4 nitrogen and oxygen atoms in total. The molecule has 23 heavy (non-hydrogen) atoms. The van der Waals surface area contributed by atoms with E-state index in [1.54, 1.807) is 0 Å². The number of hydrogen-bond donors (Lipinski definition) is 1. The summed E-state index contributed by atoms with van der Waals surface area (Å²) >= 11 is 0. The van der Waals surface area contributed by atoms with Crippen molar-refractivity contribution in [3.05, 3.63) is 47.8 Å². The van der Waals surface area contributed by atoms with Crippen molar-refractivity contribution in [1.29, 1.82) is 0 Å². The van der Waals surface area contributed by atoms with E-state index in [1.165, 1.54) is 12.8 Å². The summed E-state index contributed by atoms with van der Waals surface area (Å²) < 4.78 is 8.00. The number of carbonyl (C=O) groups excluding carboxylic acids is 1. The lowest BCUT2D eigenvalue weighted by Crippen LogP contribution is -2.28. The van der Waals surface area contributed by atoms with E-state index in [9.17, 15) is 4.79 Å². The van der Waals surface area contributed by atoms with Gasteiger partial charge in [0.05, 0.1) is 0 Å². The van der Waals surface area contributed by atoms with Crippen LogP contribution in [0.1, 0.15) is 41.7 Å². The zero-order valence-electron chi connectivity index (χ0n) is 13.3. The standard InChI is InChI=1S/C19H22N2O2/c22-19-5-1-4-18-17(19)10-12-21(18)15-6-8-16(9-7-15)23-13-14-3-2-11-20-14/h6-10,12,14,20H,1-5,11,13H2/t14-/m0/s1. The molecule has 0 spiro atoms. The molecular weight excluding hydrogens is 288 g/mol. The van der Waals surface area contributed by atoms with Crippen molar-refractivity contribution in [2.45, 2.75) is 38.1 Å². The average Bonchev–Trinajstić information content (AvgIpc) is 3.24. The molecule has 0 bridgehead atoms. The molecule has 0 radical (unpaired) electrons. The Morgan fingerprint density at radius 1 is 1.13 bits per heavy atom. The molecule has 1 N–H and O–H groups in total. The van der Waals surface area contributed by atoms with E-state index < -0.39 is 0 Å². The van der Waals surface area contributed by atoms with Gasteiger partial charge in [-0.25, -0.2) is 0 Å². The first kappa shape index (κ1) is 14.5. The highest BCUT2D eigenvalue weighted by Gasteiger charge is 2.21. The van der Waals surface area contributed by atoms with Crippen LogP contribution in [0.25, 0.3) is 5.69 Å². The number of fused-ring (bicyclic) bond motifs is 1. The van der Waals surface area contributed by atoms with Gasteiger partial charge in [-0.2, -0.15) is 0 Å². The molecule has 1 aromatic carbocycles. The number of Topliss-reactive ketones (excluding diaryl/α,β-unsaturated/α-hetero) is 1. The van der Waals surface area contributed by atoms with E-state index in [2.05, 4.69) is 22.0 Å². The first-order chi connectivity index (χ1) is 11.3. The Kier molecular flexibility index (Phi) is 3.92. The molecule has 120 valence electrons. The van der Waals surface area contributed by atoms with Gasteiger partial charge < -0.3 is 14.6 Å². The van der Waals surface area contributed by atoms with Crippen LogP contribution in [0.3, 0.4) is 0 Å². The first-order valence-corrected chi connectivity index (χ1v) is 8.51. The van der Waals surface area contributed by atoms with E-state index in [1.807, 2.05) is 24.4 Å². The maximum absolute atomic E-state index is 12.0. The number of carbonyl (C=O) groups is 1. The van der Waals surface area contributed by atoms with Gasteiger partial charge in [0.1, 0.15) is 12.4 Å². The van der Waals surface area contributed by atoms with Gasteiger partial charge in [-0.15, -0.1) is 0 Å². The second-order valence-electron chi connectivity index (χ2n) is 6.42. The van der Waals surface area contributed by atoms with Crippen LogP contribution in [0.2, 0.25) is 0 Å². The van der Waals surface area contributed by atoms with Gasteiger partial charge in [0.25, 0.3) is 0 Å². The number of nitrogens with zero attached hydrogens (tertiary/aromatic N) is 1. The minimum atomic E-state index is 0.272. The SMILES string of the molecule is O=C1CCCc2c1ccn2-c1ccc(OC[C@@H]2CCCN2)cc1. The van der Waals surface area contributed by atoms with Gasteiger partial charge in [-0.05, 0) is 62.6 Å². The molecule has 2 heterocycles. The maximum atomic E-state index is 12.0. The summed E-state index contributed by atoms with van der Waals surface area (Å²) in [7, 11) is 0. The number of hydrogen-bond acceptors (Lipinski definition) is 3. The predicted octanol–water partition coefficient (Wildman–Crippen LogP) is 3.13. The lowest BCUT2D eigenvalue weighted by Gasteiger charge is -2.16. The molecule has 4 rings (SSSR count). The third-order valence-electron chi connectivity index (χ3n) is 4.84. The fraction of sp³-hybridized carbons (Fsp3) is 0.421. The molecule has 2 aliphatic rings. The molecule has 0 amide bonds. The van der Waals surface area contributed by atoms with E-state index in [4.69, 9.17) is 4.74 Å². The van der Waals surface area contributed by atoms with Gasteiger partial charge in [-0.1, -0.05) is 0 Å². The summed E-state index contributed by atoms with van der Waals surface area (Å²) in [4.78, 5) is 12.0. The Hall–Kier alpha value is -2.07. The average molecular weight is 310 g/mol. The van der Waals surface area contributed by atoms with Crippen molar-refractivity contribution in [1.82, 2.24) is 9.88 Å². The minimum absolute atomic E-state index is 0.272. The second kappa shape index (κ2) is 6.20. The number of benzene rings is 1. The van der Waals surface area contributed by atoms with Gasteiger partial charge >= 0.3 is 0 Å². The van der Waals surface area contributed by atoms with Crippen LogP contribution < -0.4 is 10.1 Å². The van der Waals surface area contributed by atoms with Crippen LogP contribution in [0.5, 0.6) is 5.75 Å². The highest BCUT2D eigenvalue weighted by Crippen LogP contribution is 2.26. The first-order valence-electron chi connectivity index (χ1n) is 8.51. The van der Waals surface area contributed by atoms with Crippen molar-refractivity contribution in [3.8, 4) is 11.4 Å². The van der Waals surface area contributed by atoms with Crippen molar-refractivity contribution in [3.63, 3.8) is 0 Å². The summed E-state index contributed by atoms with van der Waals surface area (Å²) in [6, 6.07) is 10.6. The summed E-state index contributed by atoms with van der Waals surface area (Å²) in [5.74, 6) is 1.17. The molecule has 1 atom stereocenters. The number of rotatable bonds is 4. The molecule has 0 saturated carbocycles. The topological polar surface area (TPSA) is 43.3 Å². The van der Waals surface area contributed by atoms with E-state index in [0.717, 1.165) is 48.7 Å². The van der Waals surface area contributed by atoms with Crippen molar-refractivity contribution in [2.75, 3.05) is 13.2 Å². The van der Waals surface area contributed by atoms with Crippen molar-refractivity contribution < 1.29 is 9.53 Å². The third-order valence-corrected chi connectivity index (χ3v) is 4.84. The van der Waals surface area contributed by atoms with Crippen LogP contribution in [0.4, 0.5) is 0 Å². The summed E-state index contributed by atoms with van der Waals surface area (Å²) in [5, 5.41) is 3.44. The smallest absolute Gasteiger partial charge is 0.164 e. The molecule has 4 heteroatoms. The zero-order valence-corrected chi connectivity index (χ0v) is 13.3. The molecule has 0 unspecified atom stereocenters. The summed E-state index contributed by atoms with van der Waals surface area (Å²) in [6.07, 6.45) is 7.04. The Balaban J connectivity index is 1.49. The van der Waals surface area contributed by atoms with Crippen LogP contribution in [-0.4, -0.2) is 29.5 Å². The number of ketones is 1. The van der Waals surface area contributed by atoms with Crippen molar-refractivity contribution in [2.24, 2.45) is 0 Å². The summed E-state index contributed by atoms with van der Waals surface area (Å²) in [5.41, 5.74) is 3.13. The lowest BCUT2D eigenvalue weighted by molar-refractivity contribution is 0.0972. The number of aromatic nitrogens is 1. The van der Waals surface area contributed by atoms with Crippen LogP contribution >= 0.6 is 0 Å². The molecule has 2 aromatic rings. The normalized spacial score (nSPS) is 20.5. The summed E-state index contributed by atoms with van der Waals surface area (Å²) in [6.45, 7) is 1.83. The maximum Gasteiger partial charge on any atom is 0.164 e. The fourth-order valence-corrected chi connectivity index (χ4v) is 3.57. The van der Waals surface area contributed by atoms with E-state index in [-0.39, 0.29) is 5.78 Å². The van der Waals surface area contributed by atoms with E-state index >= 15 is 0 Å². The number of ether oxygens (including phenoxy) is 1. The Morgan fingerprint density at radius 3 is 2.78 bits per heavy atom. The molecule has 1 aromatic heterocycles. The largest absolute Gasteiger partial charge is 0.492 e. The highest BCUT2D eigenvalue weighted by molar-refractivity contribution is 5.98. The Bertz CT molecular complexity index is 697. The molecule has 1 saturated heterocycles. The molecule has 1 aliphatic carbocycles. The van der Waals surface area contributed by atoms with Crippen LogP contribution in [0, 0.1) is 0 Å². The minimum Gasteiger partial charge on any atom is -0.492 e. The Labute approximate surface area is 136 Å². The van der Waals surface area contributed by atoms with E-state index in [0.29, 0.717) is 12.5 Å². The fourth-order valence-electron chi connectivity index (χ4n) is 3.57.